The summed E-state index contributed by atoms with van der Waals surface area (Å²) in [6, 6.07) is 5.16. The molecule has 0 spiro atoms. The number of sulfone groups is 1. The van der Waals surface area contributed by atoms with Gasteiger partial charge in [-0.25, -0.2) is 8.42 Å². The van der Waals surface area contributed by atoms with Gasteiger partial charge in [0.15, 0.2) is 9.84 Å². The molecule has 1 aromatic rings. The highest BCUT2D eigenvalue weighted by molar-refractivity contribution is 7.91. The van der Waals surface area contributed by atoms with Crippen LogP contribution in [0.3, 0.4) is 0 Å². The Morgan fingerprint density at radius 2 is 1.76 bits per heavy atom. The van der Waals surface area contributed by atoms with Gasteiger partial charge in [0.2, 0.25) is 0 Å². The van der Waals surface area contributed by atoms with Crippen molar-refractivity contribution in [3.05, 3.63) is 30.1 Å². The van der Waals surface area contributed by atoms with Gasteiger partial charge in [0.25, 0.3) is 0 Å². The van der Waals surface area contributed by atoms with Gasteiger partial charge in [-0.05, 0) is 50.3 Å². The van der Waals surface area contributed by atoms with E-state index in [1.807, 2.05) is 12.4 Å². The van der Waals surface area contributed by atoms with E-state index in [2.05, 4.69) is 34.3 Å². The van der Waals surface area contributed by atoms with E-state index < -0.39 is 9.84 Å². The molecule has 1 N–H and O–H groups in total. The molecular weight excluding hydrogens is 334 g/mol. The Kier molecular flexibility index (Phi) is 6.12. The highest BCUT2D eigenvalue weighted by atomic mass is 32.2. The predicted molar refractivity (Wildman–Crippen MR) is 101 cm³/mol. The maximum atomic E-state index is 12.1. The Balaban J connectivity index is 1.54. The van der Waals surface area contributed by atoms with Gasteiger partial charge < -0.3 is 5.32 Å². The summed E-state index contributed by atoms with van der Waals surface area (Å²) in [5.41, 5.74) is 1.31. The van der Waals surface area contributed by atoms with Crippen molar-refractivity contribution in [1.82, 2.24) is 15.2 Å². The van der Waals surface area contributed by atoms with E-state index >= 15 is 0 Å². The monoisotopic (exact) mass is 365 g/mol. The van der Waals surface area contributed by atoms with Crippen LogP contribution < -0.4 is 5.32 Å². The van der Waals surface area contributed by atoms with Crippen molar-refractivity contribution < 1.29 is 8.42 Å². The van der Waals surface area contributed by atoms with E-state index in [-0.39, 0.29) is 11.3 Å². The van der Waals surface area contributed by atoms with E-state index in [1.165, 1.54) is 11.8 Å². The van der Waals surface area contributed by atoms with Gasteiger partial charge in [-0.15, -0.1) is 0 Å². The largest absolute Gasteiger partial charge is 0.310 e. The Morgan fingerprint density at radius 3 is 2.40 bits per heavy atom. The molecule has 6 heteroatoms. The first-order chi connectivity index (χ1) is 11.9. The van der Waals surface area contributed by atoms with Crippen LogP contribution >= 0.6 is 0 Å². The second-order valence-electron chi connectivity index (χ2n) is 7.69. The number of rotatable bonds is 5. The third-order valence-electron chi connectivity index (χ3n) is 5.97. The lowest BCUT2D eigenvalue weighted by Gasteiger charge is -2.40. The van der Waals surface area contributed by atoms with E-state index in [1.54, 1.807) is 0 Å². The molecule has 2 fully saturated rings. The average Bonchev–Trinajstić information content (AvgIpc) is 2.62. The van der Waals surface area contributed by atoms with Gasteiger partial charge in [0, 0.05) is 49.9 Å². The highest BCUT2D eigenvalue weighted by Gasteiger charge is 2.34. The molecule has 0 bridgehead atoms. The highest BCUT2D eigenvalue weighted by Crippen LogP contribution is 2.27. The van der Waals surface area contributed by atoms with E-state index in [4.69, 9.17) is 0 Å². The lowest BCUT2D eigenvalue weighted by molar-refractivity contribution is 0.144. The summed E-state index contributed by atoms with van der Waals surface area (Å²) in [7, 11) is -2.96. The van der Waals surface area contributed by atoms with Crippen molar-refractivity contribution in [3.63, 3.8) is 0 Å². The molecule has 3 unspecified atom stereocenters. The smallest absolute Gasteiger partial charge is 0.151 e. The second-order valence-corrected chi connectivity index (χ2v) is 9.96. The Hall–Kier alpha value is -0.980. The zero-order valence-corrected chi connectivity index (χ0v) is 16.2. The van der Waals surface area contributed by atoms with Crippen LogP contribution in [0.15, 0.2) is 24.5 Å². The Bertz CT molecular complexity index is 642. The minimum atomic E-state index is -2.96. The maximum absolute atomic E-state index is 12.1. The fraction of sp³-hybridized carbons (Fsp3) is 0.737. The summed E-state index contributed by atoms with van der Waals surface area (Å²) in [6.45, 7) is 4.36. The molecule has 2 aliphatic rings. The standard InChI is InChI=1S/C19H31N3O2S/c1-15(16-7-11-20-12-8-16)22-13-9-17(10-14-22)21-18-5-3-4-6-19(18)25(2,23)24/h7-8,11-12,15,17-19,21H,3-6,9-10,13-14H2,1-2H3. The number of hydrogen-bond acceptors (Lipinski definition) is 5. The zero-order chi connectivity index (χ0) is 17.9. The predicted octanol–water partition coefficient (Wildman–Crippen LogP) is 2.55. The molecular formula is C19H31N3O2S. The van der Waals surface area contributed by atoms with Crippen LogP contribution in [0, 0.1) is 0 Å². The van der Waals surface area contributed by atoms with Crippen molar-refractivity contribution in [2.24, 2.45) is 0 Å². The molecule has 1 saturated carbocycles. The van der Waals surface area contributed by atoms with Crippen molar-refractivity contribution in [2.45, 2.75) is 68.8 Å². The van der Waals surface area contributed by atoms with Crippen LogP contribution in [0.5, 0.6) is 0 Å². The molecule has 0 radical (unpaired) electrons. The molecule has 140 valence electrons. The summed E-state index contributed by atoms with van der Waals surface area (Å²) in [5.74, 6) is 0. The fourth-order valence-electron chi connectivity index (χ4n) is 4.41. The molecule has 2 heterocycles. The molecule has 3 atom stereocenters. The molecule has 3 rings (SSSR count). The molecule has 1 aliphatic heterocycles. The van der Waals surface area contributed by atoms with Crippen LogP contribution in [0.4, 0.5) is 0 Å². The van der Waals surface area contributed by atoms with E-state index in [9.17, 15) is 8.42 Å². The lowest BCUT2D eigenvalue weighted by atomic mass is 9.92. The van der Waals surface area contributed by atoms with Gasteiger partial charge in [0.1, 0.15) is 0 Å². The molecule has 1 aliphatic carbocycles. The number of likely N-dealkylation sites (tertiary alicyclic amines) is 1. The molecule has 0 amide bonds. The Labute approximate surface area is 152 Å². The third kappa shape index (κ3) is 4.80. The summed E-state index contributed by atoms with van der Waals surface area (Å²) < 4.78 is 24.2. The quantitative estimate of drug-likeness (QED) is 0.869. The first kappa shape index (κ1) is 18.8. The van der Waals surface area contributed by atoms with Crippen molar-refractivity contribution in [3.8, 4) is 0 Å². The van der Waals surface area contributed by atoms with E-state index in [0.717, 1.165) is 51.6 Å². The second kappa shape index (κ2) is 8.14. The lowest BCUT2D eigenvalue weighted by Crippen LogP contribution is -2.52. The van der Waals surface area contributed by atoms with Gasteiger partial charge in [-0.3, -0.25) is 9.88 Å². The number of nitrogens with one attached hydrogen (secondary N) is 1. The van der Waals surface area contributed by atoms with Crippen LogP contribution in [-0.4, -0.2) is 55.0 Å². The van der Waals surface area contributed by atoms with E-state index in [0.29, 0.717) is 12.1 Å². The molecule has 1 aromatic heterocycles. The van der Waals surface area contributed by atoms with Gasteiger partial charge >= 0.3 is 0 Å². The number of aromatic nitrogens is 1. The van der Waals surface area contributed by atoms with Crippen molar-refractivity contribution in [1.29, 1.82) is 0 Å². The summed E-state index contributed by atoms with van der Waals surface area (Å²) in [5, 5.41) is 3.50. The minimum absolute atomic E-state index is 0.137. The molecule has 5 nitrogen and oxygen atoms in total. The summed E-state index contributed by atoms with van der Waals surface area (Å²) in [6.07, 6.45) is 11.3. The SMILES string of the molecule is CC(c1ccncc1)N1CCC(NC2CCCCC2S(C)(=O)=O)CC1. The van der Waals surface area contributed by atoms with Gasteiger partial charge in [0.05, 0.1) is 5.25 Å². The first-order valence-electron chi connectivity index (χ1n) is 9.54. The van der Waals surface area contributed by atoms with Crippen LogP contribution in [-0.2, 0) is 9.84 Å². The minimum Gasteiger partial charge on any atom is -0.310 e. The number of piperidine rings is 1. The number of hydrogen-bond donors (Lipinski definition) is 1. The number of pyridine rings is 1. The third-order valence-corrected chi connectivity index (χ3v) is 7.63. The van der Waals surface area contributed by atoms with Crippen molar-refractivity contribution >= 4 is 9.84 Å². The topological polar surface area (TPSA) is 62.3 Å². The normalized spacial score (nSPS) is 27.9. The number of nitrogens with zero attached hydrogens (tertiary/aromatic N) is 2. The Morgan fingerprint density at radius 1 is 1.12 bits per heavy atom. The maximum Gasteiger partial charge on any atom is 0.151 e. The fourth-order valence-corrected chi connectivity index (χ4v) is 5.82. The van der Waals surface area contributed by atoms with Gasteiger partial charge in [-0.2, -0.15) is 0 Å². The molecule has 25 heavy (non-hydrogen) atoms. The van der Waals surface area contributed by atoms with Crippen LogP contribution in [0.25, 0.3) is 0 Å². The van der Waals surface area contributed by atoms with Crippen LogP contribution in [0.2, 0.25) is 0 Å². The molecule has 0 aromatic carbocycles. The van der Waals surface area contributed by atoms with Gasteiger partial charge in [-0.1, -0.05) is 12.8 Å². The molecule has 1 saturated heterocycles. The zero-order valence-electron chi connectivity index (χ0n) is 15.4. The van der Waals surface area contributed by atoms with Crippen molar-refractivity contribution in [2.75, 3.05) is 19.3 Å². The van der Waals surface area contributed by atoms with Crippen LogP contribution in [0.1, 0.15) is 57.1 Å². The first-order valence-corrected chi connectivity index (χ1v) is 11.5. The summed E-state index contributed by atoms with van der Waals surface area (Å²) >= 11 is 0. The summed E-state index contributed by atoms with van der Waals surface area (Å²) in [4.78, 5) is 6.62. The average molecular weight is 366 g/mol.